The van der Waals surface area contributed by atoms with Gasteiger partial charge in [-0.1, -0.05) is 0 Å². The lowest BCUT2D eigenvalue weighted by Gasteiger charge is -2.18. The van der Waals surface area contributed by atoms with E-state index in [0.29, 0.717) is 18.2 Å². The number of nitrogens with one attached hydrogen (secondary N) is 1. The summed E-state index contributed by atoms with van der Waals surface area (Å²) in [6.45, 7) is 0.476. The minimum Gasteiger partial charge on any atom is -0.377 e. The van der Waals surface area contributed by atoms with Crippen molar-refractivity contribution in [1.82, 2.24) is 9.13 Å². The fraction of sp³-hybridized carbons (Fsp3) is 0.556. The average molecular weight is 241 g/mol. The van der Waals surface area contributed by atoms with Crippen LogP contribution in [0.5, 0.6) is 0 Å². The van der Waals surface area contributed by atoms with Gasteiger partial charge >= 0.3 is 5.69 Å². The van der Waals surface area contributed by atoms with Crippen molar-refractivity contribution in [1.29, 1.82) is 0 Å². The summed E-state index contributed by atoms with van der Waals surface area (Å²) in [7, 11) is 3.00. The second-order valence-electron chi connectivity index (χ2n) is 4.03. The highest BCUT2D eigenvalue weighted by Gasteiger charge is 2.27. The number of aliphatic hydroxyl groups is 1. The van der Waals surface area contributed by atoms with Gasteiger partial charge < -0.3 is 21.1 Å². The number of aromatic nitrogens is 2. The molecule has 1 aromatic heterocycles. The highest BCUT2D eigenvalue weighted by Crippen LogP contribution is 2.24. The van der Waals surface area contributed by atoms with E-state index in [1.165, 1.54) is 11.6 Å². The van der Waals surface area contributed by atoms with Crippen LogP contribution in [0.4, 0.5) is 11.5 Å². The fourth-order valence-electron chi connectivity index (χ4n) is 1.94. The lowest BCUT2D eigenvalue weighted by atomic mass is 10.4. The van der Waals surface area contributed by atoms with Crippen LogP contribution >= 0.6 is 0 Å². The summed E-state index contributed by atoms with van der Waals surface area (Å²) in [5.74, 6) is 0.457. The minimum atomic E-state index is -1.04. The molecular formula is C9H15N5O3. The summed E-state index contributed by atoms with van der Waals surface area (Å²) in [5.41, 5.74) is 4.87. The first kappa shape index (κ1) is 11.7. The SMILES string of the molecule is Cn1c2c(c(=O)n(C)c1=O)N(CC(N)O)CN2. The Morgan fingerprint density at radius 2 is 2.06 bits per heavy atom. The van der Waals surface area contributed by atoms with Gasteiger partial charge in [-0.15, -0.1) is 0 Å². The third-order valence-electron chi connectivity index (χ3n) is 2.80. The second kappa shape index (κ2) is 3.90. The van der Waals surface area contributed by atoms with E-state index < -0.39 is 17.5 Å². The van der Waals surface area contributed by atoms with Gasteiger partial charge in [0.05, 0.1) is 13.2 Å². The predicted molar refractivity (Wildman–Crippen MR) is 63.0 cm³/mol. The van der Waals surface area contributed by atoms with Gasteiger partial charge in [0.2, 0.25) is 0 Å². The largest absolute Gasteiger partial charge is 0.377 e. The predicted octanol–water partition coefficient (Wildman–Crippen LogP) is -2.45. The van der Waals surface area contributed by atoms with Crippen molar-refractivity contribution in [2.24, 2.45) is 19.8 Å². The first-order chi connectivity index (χ1) is 7.93. The summed E-state index contributed by atoms with van der Waals surface area (Å²) in [5, 5.41) is 12.1. The molecule has 8 nitrogen and oxygen atoms in total. The molecule has 2 heterocycles. The zero-order valence-corrected chi connectivity index (χ0v) is 9.67. The highest BCUT2D eigenvalue weighted by molar-refractivity contribution is 5.70. The molecular weight excluding hydrogens is 226 g/mol. The van der Waals surface area contributed by atoms with Crippen LogP contribution in [0, 0.1) is 0 Å². The van der Waals surface area contributed by atoms with Gasteiger partial charge in [-0.05, 0) is 0 Å². The molecule has 0 fully saturated rings. The maximum atomic E-state index is 12.0. The summed E-state index contributed by atoms with van der Waals surface area (Å²) in [4.78, 5) is 25.3. The van der Waals surface area contributed by atoms with Crippen molar-refractivity contribution < 1.29 is 5.11 Å². The molecule has 17 heavy (non-hydrogen) atoms. The van der Waals surface area contributed by atoms with Crippen LogP contribution in [0.2, 0.25) is 0 Å². The molecule has 0 radical (unpaired) electrons. The van der Waals surface area contributed by atoms with Gasteiger partial charge in [-0.3, -0.25) is 13.9 Å². The molecule has 0 aromatic carbocycles. The van der Waals surface area contributed by atoms with E-state index in [-0.39, 0.29) is 6.54 Å². The second-order valence-corrected chi connectivity index (χ2v) is 4.03. The van der Waals surface area contributed by atoms with Gasteiger partial charge in [0, 0.05) is 14.1 Å². The Balaban J connectivity index is 2.61. The number of nitrogens with two attached hydrogens (primary N) is 1. The van der Waals surface area contributed by atoms with E-state index in [2.05, 4.69) is 5.32 Å². The molecule has 94 valence electrons. The van der Waals surface area contributed by atoms with Crippen LogP contribution in [-0.4, -0.2) is 33.7 Å². The number of rotatable bonds is 2. The van der Waals surface area contributed by atoms with Gasteiger partial charge in [-0.2, -0.15) is 0 Å². The van der Waals surface area contributed by atoms with Gasteiger partial charge in [0.15, 0.2) is 0 Å². The molecule has 1 aromatic rings. The third kappa shape index (κ3) is 1.71. The lowest BCUT2D eigenvalue weighted by molar-refractivity contribution is 0.188. The first-order valence-corrected chi connectivity index (χ1v) is 5.16. The molecule has 8 heteroatoms. The number of aliphatic hydroxyl groups excluding tert-OH is 1. The summed E-state index contributed by atoms with van der Waals surface area (Å²) < 4.78 is 2.39. The third-order valence-corrected chi connectivity index (χ3v) is 2.80. The molecule has 0 aliphatic carbocycles. The molecule has 1 atom stereocenters. The number of β-amino-alcohol motifs (C(OH)–C–C–N with tert-alkyl or cyclic N) is 1. The summed E-state index contributed by atoms with van der Waals surface area (Å²) in [6, 6.07) is 0. The molecule has 2 rings (SSSR count). The van der Waals surface area contributed by atoms with Crippen molar-refractivity contribution in [3.05, 3.63) is 20.8 Å². The standard InChI is InChI=1S/C9H15N5O3/c1-12-7-6(8(16)13(2)9(12)17)14(4-11-7)3-5(10)15/h5,11,15H,3-4,10H2,1-2H3. The van der Waals surface area contributed by atoms with Crippen LogP contribution in [0.25, 0.3) is 0 Å². The topological polar surface area (TPSA) is 106 Å². The Morgan fingerprint density at radius 1 is 1.41 bits per heavy atom. The number of fused-ring (bicyclic) bond motifs is 1. The Bertz CT molecular complexity index is 559. The molecule has 0 saturated heterocycles. The van der Waals surface area contributed by atoms with E-state index in [1.807, 2.05) is 0 Å². The van der Waals surface area contributed by atoms with Crippen molar-refractivity contribution in [3.63, 3.8) is 0 Å². The summed E-state index contributed by atoms with van der Waals surface area (Å²) in [6.07, 6.45) is -1.04. The maximum absolute atomic E-state index is 12.0. The lowest BCUT2D eigenvalue weighted by Crippen LogP contribution is -2.42. The van der Waals surface area contributed by atoms with Crippen LogP contribution in [0.1, 0.15) is 0 Å². The smallest absolute Gasteiger partial charge is 0.332 e. The Hall–Kier alpha value is -1.80. The van der Waals surface area contributed by atoms with E-state index in [9.17, 15) is 9.59 Å². The zero-order valence-electron chi connectivity index (χ0n) is 9.67. The van der Waals surface area contributed by atoms with Crippen molar-refractivity contribution in [2.45, 2.75) is 6.23 Å². The zero-order chi connectivity index (χ0) is 12.7. The van der Waals surface area contributed by atoms with E-state index >= 15 is 0 Å². The summed E-state index contributed by atoms with van der Waals surface area (Å²) >= 11 is 0. The molecule has 1 aliphatic heterocycles. The maximum Gasteiger partial charge on any atom is 0.332 e. The number of nitrogens with zero attached hydrogens (tertiary/aromatic N) is 3. The Morgan fingerprint density at radius 3 is 2.65 bits per heavy atom. The monoisotopic (exact) mass is 241 g/mol. The van der Waals surface area contributed by atoms with Crippen LogP contribution < -0.4 is 27.2 Å². The van der Waals surface area contributed by atoms with Gasteiger partial charge in [-0.25, -0.2) is 4.79 Å². The Labute approximate surface area is 96.9 Å². The van der Waals surface area contributed by atoms with Crippen LogP contribution in [0.15, 0.2) is 9.59 Å². The molecule has 0 saturated carbocycles. The molecule has 0 amide bonds. The molecule has 0 spiro atoms. The quantitative estimate of drug-likeness (QED) is 0.496. The van der Waals surface area contributed by atoms with Gasteiger partial charge in [0.1, 0.15) is 17.7 Å². The van der Waals surface area contributed by atoms with E-state index in [4.69, 9.17) is 10.8 Å². The fourth-order valence-corrected chi connectivity index (χ4v) is 1.94. The number of hydrogen-bond donors (Lipinski definition) is 3. The van der Waals surface area contributed by atoms with Crippen LogP contribution in [0.3, 0.4) is 0 Å². The molecule has 0 bridgehead atoms. The molecule has 4 N–H and O–H groups in total. The number of hydrogen-bond acceptors (Lipinski definition) is 6. The van der Waals surface area contributed by atoms with E-state index in [0.717, 1.165) is 4.57 Å². The highest BCUT2D eigenvalue weighted by atomic mass is 16.3. The molecule has 1 aliphatic rings. The minimum absolute atomic E-state index is 0.132. The van der Waals surface area contributed by atoms with Crippen LogP contribution in [-0.2, 0) is 14.1 Å². The average Bonchev–Trinajstić information content (AvgIpc) is 2.66. The Kier molecular flexibility index (Phi) is 2.68. The number of anilines is 2. The van der Waals surface area contributed by atoms with E-state index in [1.54, 1.807) is 11.9 Å². The molecule has 1 unspecified atom stereocenters. The van der Waals surface area contributed by atoms with Gasteiger partial charge in [0.25, 0.3) is 5.56 Å². The first-order valence-electron chi connectivity index (χ1n) is 5.16. The van der Waals surface area contributed by atoms with Crippen molar-refractivity contribution in [2.75, 3.05) is 23.4 Å². The van der Waals surface area contributed by atoms with Crippen molar-refractivity contribution >= 4 is 11.5 Å². The van der Waals surface area contributed by atoms with Crippen molar-refractivity contribution in [3.8, 4) is 0 Å². The normalized spacial score (nSPS) is 15.6.